The van der Waals surface area contributed by atoms with Crippen LogP contribution in [-0.2, 0) is 4.79 Å². The molecule has 14 heavy (non-hydrogen) atoms. The zero-order chi connectivity index (χ0) is 10.3. The van der Waals surface area contributed by atoms with Gasteiger partial charge in [0, 0.05) is 6.04 Å². The molecule has 0 aromatic heterocycles. The molecule has 4 heteroatoms. The molecule has 0 radical (unpaired) electrons. The second kappa shape index (κ2) is 3.05. The third-order valence-corrected chi connectivity index (χ3v) is 3.51. The molecule has 0 aliphatic carbocycles. The lowest BCUT2D eigenvalue weighted by atomic mass is 9.88. The number of hydrogen-bond acceptors (Lipinski definition) is 2. The van der Waals surface area contributed by atoms with Crippen LogP contribution < -0.4 is 0 Å². The maximum atomic E-state index is 12.8. The monoisotopic (exact) mass is 199 g/mol. The van der Waals surface area contributed by atoms with Crippen LogP contribution in [0.4, 0.5) is 4.39 Å². The first kappa shape index (κ1) is 9.65. The molecule has 1 N–H and O–H groups in total. The molecule has 2 bridgehead atoms. The Morgan fingerprint density at radius 1 is 1.57 bits per heavy atom. The normalized spacial score (nSPS) is 35.0. The maximum Gasteiger partial charge on any atom is 0.282 e. The Labute approximate surface area is 82.2 Å². The van der Waals surface area contributed by atoms with Crippen molar-refractivity contribution in [2.24, 2.45) is 0 Å². The van der Waals surface area contributed by atoms with E-state index in [1.54, 1.807) is 0 Å². The van der Waals surface area contributed by atoms with Crippen molar-refractivity contribution in [2.45, 2.75) is 37.3 Å². The summed E-state index contributed by atoms with van der Waals surface area (Å²) in [5.74, 6) is -1.56. The topological polar surface area (TPSA) is 40.5 Å². The van der Waals surface area contributed by atoms with Gasteiger partial charge in [0.15, 0.2) is 5.83 Å². The van der Waals surface area contributed by atoms with Crippen molar-refractivity contribution < 1.29 is 14.3 Å². The van der Waals surface area contributed by atoms with Gasteiger partial charge in [0.05, 0.1) is 12.1 Å². The number of nitrogens with zero attached hydrogens (tertiary/aromatic N) is 1. The van der Waals surface area contributed by atoms with E-state index < -0.39 is 17.3 Å². The number of carbonyl (C=O) groups is 1. The Balaban J connectivity index is 2.27. The number of fused-ring (bicyclic) bond motifs is 2. The van der Waals surface area contributed by atoms with Crippen LogP contribution in [0, 0.1) is 0 Å². The van der Waals surface area contributed by atoms with Crippen molar-refractivity contribution in [3.8, 4) is 0 Å². The maximum absolute atomic E-state index is 12.8. The summed E-state index contributed by atoms with van der Waals surface area (Å²) in [6, 6.07) is 0.113. The Bertz CT molecular complexity index is 282. The quantitative estimate of drug-likeness (QED) is 0.673. The minimum atomic E-state index is -0.920. The summed E-state index contributed by atoms with van der Waals surface area (Å²) in [5.41, 5.74) is -0.489. The molecule has 0 atom stereocenters. The van der Waals surface area contributed by atoms with Crippen molar-refractivity contribution in [3.63, 3.8) is 0 Å². The number of halogens is 1. The van der Waals surface area contributed by atoms with Gasteiger partial charge >= 0.3 is 0 Å². The van der Waals surface area contributed by atoms with Crippen molar-refractivity contribution >= 4 is 5.91 Å². The van der Waals surface area contributed by atoms with E-state index in [4.69, 9.17) is 0 Å². The molecule has 0 saturated carbocycles. The number of aliphatic hydroxyl groups is 1. The predicted octanol–water partition coefficient (Wildman–Crippen LogP) is 0.986. The van der Waals surface area contributed by atoms with Crippen LogP contribution in [0.5, 0.6) is 0 Å². The van der Waals surface area contributed by atoms with Gasteiger partial charge in [0.2, 0.25) is 0 Å². The van der Waals surface area contributed by atoms with Crippen LogP contribution in [0.1, 0.15) is 25.7 Å². The molecule has 2 aliphatic rings. The van der Waals surface area contributed by atoms with Crippen LogP contribution in [0.25, 0.3) is 0 Å². The summed E-state index contributed by atoms with van der Waals surface area (Å²) in [7, 11) is 0. The first-order valence-electron chi connectivity index (χ1n) is 4.90. The molecule has 0 unspecified atom stereocenters. The molecule has 0 aromatic carbocycles. The third-order valence-electron chi connectivity index (χ3n) is 3.51. The van der Waals surface area contributed by atoms with Gasteiger partial charge in [-0.3, -0.25) is 4.79 Å². The smallest absolute Gasteiger partial charge is 0.282 e. The minimum absolute atomic E-state index is 0.0669. The first-order chi connectivity index (χ1) is 6.60. The van der Waals surface area contributed by atoms with Gasteiger partial charge in [-0.2, -0.15) is 0 Å². The average molecular weight is 199 g/mol. The summed E-state index contributed by atoms with van der Waals surface area (Å²) >= 11 is 0. The zero-order valence-electron chi connectivity index (χ0n) is 8.00. The van der Waals surface area contributed by atoms with Crippen LogP contribution in [0.15, 0.2) is 12.4 Å². The van der Waals surface area contributed by atoms with Crippen molar-refractivity contribution in [2.75, 3.05) is 6.61 Å². The van der Waals surface area contributed by atoms with E-state index in [0.717, 1.165) is 25.7 Å². The fraction of sp³-hybridized carbons (Fsp3) is 0.700. The Morgan fingerprint density at radius 2 is 2.14 bits per heavy atom. The van der Waals surface area contributed by atoms with Crippen LogP contribution in [-0.4, -0.2) is 34.1 Å². The third kappa shape index (κ3) is 1.10. The summed E-state index contributed by atoms with van der Waals surface area (Å²) in [5, 5.41) is 9.30. The molecule has 2 fully saturated rings. The number of amides is 1. The highest BCUT2D eigenvalue weighted by Crippen LogP contribution is 2.46. The van der Waals surface area contributed by atoms with Gasteiger partial charge in [-0.1, -0.05) is 6.58 Å². The van der Waals surface area contributed by atoms with Gasteiger partial charge in [-0.05, 0) is 25.7 Å². The second-order valence-electron chi connectivity index (χ2n) is 4.19. The van der Waals surface area contributed by atoms with E-state index in [-0.39, 0.29) is 12.6 Å². The molecule has 0 aromatic rings. The molecule has 2 saturated heterocycles. The number of aliphatic hydroxyl groups excluding tert-OH is 1. The highest BCUT2D eigenvalue weighted by atomic mass is 19.1. The van der Waals surface area contributed by atoms with E-state index in [1.165, 1.54) is 4.90 Å². The van der Waals surface area contributed by atoms with Gasteiger partial charge in [-0.15, -0.1) is 0 Å². The molecular weight excluding hydrogens is 185 g/mol. The SMILES string of the molecule is C=C(F)C(=O)N1[C@H]2CC[C@]1(CO)CC2. The standard InChI is InChI=1S/C10H14FNO2/c1-7(11)9(14)12-8-2-4-10(12,6-13)5-3-8/h8,13H,1-6H2/t8-,10+. The largest absolute Gasteiger partial charge is 0.394 e. The lowest BCUT2D eigenvalue weighted by Crippen LogP contribution is -2.47. The number of carbonyl (C=O) groups excluding carboxylic acids is 1. The van der Waals surface area contributed by atoms with Gasteiger partial charge < -0.3 is 10.0 Å². The summed E-state index contributed by atoms with van der Waals surface area (Å²) in [6.07, 6.45) is 3.32. The fourth-order valence-corrected chi connectivity index (χ4v) is 2.77. The van der Waals surface area contributed by atoms with Crippen molar-refractivity contribution in [3.05, 3.63) is 12.4 Å². The van der Waals surface area contributed by atoms with Crippen molar-refractivity contribution in [1.29, 1.82) is 0 Å². The summed E-state index contributed by atoms with van der Waals surface area (Å²) < 4.78 is 12.8. The molecule has 78 valence electrons. The summed E-state index contributed by atoms with van der Waals surface area (Å²) in [4.78, 5) is 13.0. The Kier molecular flexibility index (Phi) is 2.10. The molecule has 2 aliphatic heterocycles. The first-order valence-corrected chi connectivity index (χ1v) is 4.90. The van der Waals surface area contributed by atoms with Crippen LogP contribution >= 0.6 is 0 Å². The fourth-order valence-electron chi connectivity index (χ4n) is 2.77. The van der Waals surface area contributed by atoms with Gasteiger partial charge in [0.1, 0.15) is 0 Å². The second-order valence-corrected chi connectivity index (χ2v) is 4.19. The van der Waals surface area contributed by atoms with E-state index in [9.17, 15) is 14.3 Å². The lowest BCUT2D eigenvalue weighted by molar-refractivity contribution is -0.133. The average Bonchev–Trinajstić information content (AvgIpc) is 2.71. The van der Waals surface area contributed by atoms with E-state index in [2.05, 4.69) is 6.58 Å². The minimum Gasteiger partial charge on any atom is -0.394 e. The van der Waals surface area contributed by atoms with Gasteiger partial charge in [0.25, 0.3) is 5.91 Å². The van der Waals surface area contributed by atoms with Crippen molar-refractivity contribution in [1.82, 2.24) is 4.90 Å². The molecule has 3 nitrogen and oxygen atoms in total. The lowest BCUT2D eigenvalue weighted by Gasteiger charge is -2.32. The Hall–Kier alpha value is -0.900. The number of rotatable bonds is 2. The number of hydrogen-bond donors (Lipinski definition) is 1. The molecule has 1 amide bonds. The predicted molar refractivity (Wildman–Crippen MR) is 49.2 cm³/mol. The van der Waals surface area contributed by atoms with E-state index >= 15 is 0 Å². The zero-order valence-corrected chi connectivity index (χ0v) is 8.00. The van der Waals surface area contributed by atoms with E-state index in [0.29, 0.717) is 0 Å². The van der Waals surface area contributed by atoms with Crippen LogP contribution in [0.2, 0.25) is 0 Å². The highest BCUT2D eigenvalue weighted by Gasteiger charge is 2.53. The molecule has 2 rings (SSSR count). The molecule has 0 spiro atoms. The molecular formula is C10H14FNO2. The summed E-state index contributed by atoms with van der Waals surface area (Å²) in [6.45, 7) is 2.96. The molecule has 2 heterocycles. The highest BCUT2D eigenvalue weighted by molar-refractivity contribution is 5.92. The Morgan fingerprint density at radius 3 is 2.57 bits per heavy atom. The van der Waals surface area contributed by atoms with E-state index in [1.807, 2.05) is 0 Å². The van der Waals surface area contributed by atoms with Crippen LogP contribution in [0.3, 0.4) is 0 Å². The van der Waals surface area contributed by atoms with Gasteiger partial charge in [-0.25, -0.2) is 4.39 Å².